The third-order valence-corrected chi connectivity index (χ3v) is 7.61. The van der Waals surface area contributed by atoms with Crippen molar-refractivity contribution in [3.63, 3.8) is 0 Å². The van der Waals surface area contributed by atoms with Gasteiger partial charge in [0.05, 0.1) is 6.42 Å². The number of rotatable bonds is 13. The van der Waals surface area contributed by atoms with Crippen LogP contribution in [0.3, 0.4) is 0 Å². The molecule has 1 aromatic rings. The van der Waals surface area contributed by atoms with Crippen LogP contribution in [0.5, 0.6) is 0 Å². The van der Waals surface area contributed by atoms with E-state index in [9.17, 15) is 19.2 Å². The van der Waals surface area contributed by atoms with Crippen molar-refractivity contribution < 1.29 is 19.2 Å². The van der Waals surface area contributed by atoms with Gasteiger partial charge in [0.25, 0.3) is 0 Å². The smallest absolute Gasteiger partial charge is 0.163 e. The molecule has 214 valence electrons. The average Bonchev–Trinajstić information content (AvgIpc) is 2.79. The van der Waals surface area contributed by atoms with E-state index in [1.807, 2.05) is 26.0 Å². The molecule has 4 heteroatoms. The van der Waals surface area contributed by atoms with Gasteiger partial charge < -0.3 is 0 Å². The van der Waals surface area contributed by atoms with Crippen LogP contribution in [0, 0.1) is 30.1 Å². The highest BCUT2D eigenvalue weighted by atomic mass is 16.1. The van der Waals surface area contributed by atoms with Crippen LogP contribution in [-0.2, 0) is 27.2 Å². The van der Waals surface area contributed by atoms with Gasteiger partial charge in [-0.2, -0.15) is 0 Å². The van der Waals surface area contributed by atoms with Crippen LogP contribution in [0.1, 0.15) is 140 Å². The van der Waals surface area contributed by atoms with Crippen molar-refractivity contribution in [2.24, 2.45) is 23.2 Å². The summed E-state index contributed by atoms with van der Waals surface area (Å²) in [5.41, 5.74) is 3.96. The van der Waals surface area contributed by atoms with E-state index in [4.69, 9.17) is 0 Å². The lowest BCUT2D eigenvalue weighted by Gasteiger charge is -2.32. The summed E-state index contributed by atoms with van der Waals surface area (Å²) < 4.78 is 0. The lowest BCUT2D eigenvalue weighted by Crippen LogP contribution is -2.30. The van der Waals surface area contributed by atoms with Gasteiger partial charge in [-0.3, -0.25) is 19.2 Å². The minimum Gasteiger partial charge on any atom is -0.300 e. The normalized spacial score (nSPS) is 16.7. The predicted octanol–water partition coefficient (Wildman–Crippen LogP) is 8.48. The summed E-state index contributed by atoms with van der Waals surface area (Å²) in [6.07, 6.45) is 7.91. The third kappa shape index (κ3) is 10.9. The molecule has 0 amide bonds. The molecule has 3 unspecified atom stereocenters. The highest BCUT2D eigenvalue weighted by molar-refractivity contribution is 6.01. The molecule has 0 bridgehead atoms. The molecule has 4 nitrogen and oxygen atoms in total. The second kappa shape index (κ2) is 16.1. The second-order valence-corrected chi connectivity index (χ2v) is 12.7. The molecule has 0 N–H and O–H groups in total. The van der Waals surface area contributed by atoms with Crippen LogP contribution < -0.4 is 0 Å². The molecule has 0 saturated heterocycles. The Hall–Kier alpha value is -2.10. The molecule has 0 saturated carbocycles. The summed E-state index contributed by atoms with van der Waals surface area (Å²) in [6.45, 7) is 18.3. The molecular weight excluding hydrogens is 472 g/mol. The Morgan fingerprint density at radius 1 is 1.03 bits per heavy atom. The number of Topliss-reactive ketones (excluding diaryl/α,β-unsaturated/α-hetero) is 4. The maximum Gasteiger partial charge on any atom is 0.163 e. The first-order valence-corrected chi connectivity index (χ1v) is 15.0. The number of carbonyl (C=O) groups is 4. The standard InChI is InChI=1S/C31H46O4.C3H8/c1-8-10-24(27(9-2)28(34)15-20(3)32)16-22-17-25-12-11-23(21(4)30(25)29(35)18-22)19-26(33)13-14-31(5,6)7;1-3-2/h11-12,22,24,27H,8-10,13-19H2,1-7H3;3H2,1-2H3. The zero-order chi connectivity index (χ0) is 29.0. The maximum atomic E-state index is 13.3. The minimum atomic E-state index is -0.112. The summed E-state index contributed by atoms with van der Waals surface area (Å²) in [4.78, 5) is 50.2. The Labute approximate surface area is 232 Å². The van der Waals surface area contributed by atoms with Gasteiger partial charge in [0.1, 0.15) is 17.3 Å². The van der Waals surface area contributed by atoms with Gasteiger partial charge in [0.15, 0.2) is 5.78 Å². The topological polar surface area (TPSA) is 68.3 Å². The average molecular weight is 527 g/mol. The van der Waals surface area contributed by atoms with Crippen molar-refractivity contribution in [1.82, 2.24) is 0 Å². The van der Waals surface area contributed by atoms with Gasteiger partial charge in [0.2, 0.25) is 0 Å². The van der Waals surface area contributed by atoms with Crippen molar-refractivity contribution in [1.29, 1.82) is 0 Å². The number of carbonyl (C=O) groups excluding carboxylic acids is 4. The lowest BCUT2D eigenvalue weighted by molar-refractivity contribution is -0.130. The lowest BCUT2D eigenvalue weighted by atomic mass is 9.72. The molecule has 3 atom stereocenters. The third-order valence-electron chi connectivity index (χ3n) is 7.61. The molecule has 2 rings (SSSR count). The quantitative estimate of drug-likeness (QED) is 0.242. The summed E-state index contributed by atoms with van der Waals surface area (Å²) >= 11 is 0. The van der Waals surface area contributed by atoms with E-state index < -0.39 is 0 Å². The van der Waals surface area contributed by atoms with Crippen LogP contribution in [0.4, 0.5) is 0 Å². The zero-order valence-electron chi connectivity index (χ0n) is 25.8. The van der Waals surface area contributed by atoms with Crippen molar-refractivity contribution in [2.75, 3.05) is 0 Å². The predicted molar refractivity (Wildman–Crippen MR) is 158 cm³/mol. The largest absolute Gasteiger partial charge is 0.300 e. The maximum absolute atomic E-state index is 13.3. The van der Waals surface area contributed by atoms with Gasteiger partial charge in [-0.25, -0.2) is 0 Å². The molecule has 1 aliphatic rings. The second-order valence-electron chi connectivity index (χ2n) is 12.7. The van der Waals surface area contributed by atoms with E-state index in [1.165, 1.54) is 13.3 Å². The van der Waals surface area contributed by atoms with Gasteiger partial charge in [-0.1, -0.05) is 79.9 Å². The Bertz CT molecular complexity index is 950. The van der Waals surface area contributed by atoms with E-state index in [-0.39, 0.29) is 52.7 Å². The number of ketones is 4. The van der Waals surface area contributed by atoms with Crippen LogP contribution in [0.25, 0.3) is 0 Å². The molecule has 0 aromatic heterocycles. The van der Waals surface area contributed by atoms with E-state index in [2.05, 4.69) is 41.5 Å². The molecule has 0 aliphatic heterocycles. The van der Waals surface area contributed by atoms with Crippen molar-refractivity contribution in [2.45, 2.75) is 133 Å². The van der Waals surface area contributed by atoms with Crippen LogP contribution >= 0.6 is 0 Å². The monoisotopic (exact) mass is 526 g/mol. The van der Waals surface area contributed by atoms with E-state index in [0.717, 1.165) is 60.8 Å². The van der Waals surface area contributed by atoms with Crippen molar-refractivity contribution in [3.8, 4) is 0 Å². The van der Waals surface area contributed by atoms with Gasteiger partial charge >= 0.3 is 0 Å². The van der Waals surface area contributed by atoms with Crippen molar-refractivity contribution >= 4 is 23.1 Å². The molecule has 0 radical (unpaired) electrons. The van der Waals surface area contributed by atoms with E-state index >= 15 is 0 Å². The first-order valence-electron chi connectivity index (χ1n) is 15.0. The fourth-order valence-electron chi connectivity index (χ4n) is 5.77. The van der Waals surface area contributed by atoms with E-state index in [0.29, 0.717) is 19.3 Å². The molecule has 1 aliphatic carbocycles. The Morgan fingerprint density at radius 3 is 2.18 bits per heavy atom. The van der Waals surface area contributed by atoms with Crippen molar-refractivity contribution in [3.05, 3.63) is 34.4 Å². The first kappa shape index (κ1) is 33.9. The van der Waals surface area contributed by atoms with E-state index in [1.54, 1.807) is 0 Å². The van der Waals surface area contributed by atoms with Crippen LogP contribution in [0.15, 0.2) is 12.1 Å². The highest BCUT2D eigenvalue weighted by Crippen LogP contribution is 2.37. The van der Waals surface area contributed by atoms with Gasteiger partial charge in [0, 0.05) is 30.7 Å². The van der Waals surface area contributed by atoms with Gasteiger partial charge in [-0.15, -0.1) is 0 Å². The summed E-state index contributed by atoms with van der Waals surface area (Å²) in [5.74, 6) is 0.676. The molecule has 0 spiro atoms. The molecule has 38 heavy (non-hydrogen) atoms. The summed E-state index contributed by atoms with van der Waals surface area (Å²) in [5, 5.41) is 0. The Balaban J connectivity index is 0.00000229. The fourth-order valence-corrected chi connectivity index (χ4v) is 5.77. The van der Waals surface area contributed by atoms with Gasteiger partial charge in [-0.05, 0) is 73.5 Å². The number of benzene rings is 1. The number of fused-ring (bicyclic) bond motifs is 1. The SMILES string of the molecule is CCC.CCCC(CC1CC(=O)c2c(ccc(CC(=O)CCC(C)(C)C)c2C)C1)C(CC)C(=O)CC(C)=O. The number of hydrogen-bond donors (Lipinski definition) is 0. The Kier molecular flexibility index (Phi) is 14.4. The minimum absolute atomic E-state index is 0.0155. The molecule has 0 heterocycles. The molecular formula is C34H54O4. The van der Waals surface area contributed by atoms with Crippen LogP contribution in [0.2, 0.25) is 0 Å². The first-order chi connectivity index (χ1) is 17.8. The fraction of sp³-hybridized carbons (Fsp3) is 0.706. The summed E-state index contributed by atoms with van der Waals surface area (Å²) in [6, 6.07) is 4.08. The Morgan fingerprint density at radius 2 is 1.66 bits per heavy atom. The van der Waals surface area contributed by atoms with Crippen LogP contribution in [-0.4, -0.2) is 23.1 Å². The summed E-state index contributed by atoms with van der Waals surface area (Å²) in [7, 11) is 0. The molecule has 1 aromatic carbocycles. The zero-order valence-corrected chi connectivity index (χ0v) is 25.8. The number of hydrogen-bond acceptors (Lipinski definition) is 4. The highest BCUT2D eigenvalue weighted by Gasteiger charge is 2.33. The molecule has 0 fully saturated rings.